The van der Waals surface area contributed by atoms with Crippen molar-refractivity contribution in [3.05, 3.63) is 200 Å². The van der Waals surface area contributed by atoms with E-state index in [2.05, 4.69) is 158 Å². The Hall–Kier alpha value is -7.69. The molecule has 0 amide bonds. The third-order valence-corrected chi connectivity index (χ3v) is 10.9. The van der Waals surface area contributed by atoms with Crippen LogP contribution in [0.4, 0.5) is 0 Å². The highest BCUT2D eigenvalue weighted by molar-refractivity contribution is 6.21. The van der Waals surface area contributed by atoms with E-state index in [4.69, 9.17) is 19.4 Å². The Labute approximate surface area is 329 Å². The predicted molar refractivity (Wildman–Crippen MR) is 235 cm³/mol. The first-order valence-corrected chi connectivity index (χ1v) is 19.2. The van der Waals surface area contributed by atoms with Crippen LogP contribution < -0.4 is 0 Å². The Balaban J connectivity index is 1.11. The van der Waals surface area contributed by atoms with Gasteiger partial charge in [0.1, 0.15) is 11.2 Å². The molecule has 57 heavy (non-hydrogen) atoms. The first-order chi connectivity index (χ1) is 28.2. The van der Waals surface area contributed by atoms with Gasteiger partial charge in [-0.3, -0.25) is 0 Å². The Morgan fingerprint density at radius 3 is 1.44 bits per heavy atom. The normalized spacial score (nSPS) is 11.5. The molecule has 4 heteroatoms. The summed E-state index contributed by atoms with van der Waals surface area (Å²) in [7, 11) is 0. The van der Waals surface area contributed by atoms with Gasteiger partial charge in [-0.2, -0.15) is 0 Å². The molecule has 9 aromatic carbocycles. The van der Waals surface area contributed by atoms with Gasteiger partial charge in [0.15, 0.2) is 17.5 Å². The molecule has 0 radical (unpaired) electrons. The minimum atomic E-state index is 0.624. The van der Waals surface area contributed by atoms with Crippen LogP contribution in [0.15, 0.2) is 205 Å². The number of furan rings is 1. The maximum Gasteiger partial charge on any atom is 0.164 e. The maximum atomic E-state index is 6.83. The zero-order chi connectivity index (χ0) is 37.7. The summed E-state index contributed by atoms with van der Waals surface area (Å²) < 4.78 is 6.83. The minimum absolute atomic E-state index is 0.624. The van der Waals surface area contributed by atoms with Crippen molar-refractivity contribution in [3.8, 4) is 67.5 Å². The lowest BCUT2D eigenvalue weighted by Crippen LogP contribution is -2.00. The lowest BCUT2D eigenvalue weighted by atomic mass is 9.90. The molecule has 0 fully saturated rings. The van der Waals surface area contributed by atoms with E-state index >= 15 is 0 Å². The Morgan fingerprint density at radius 2 is 0.754 bits per heavy atom. The molecule has 0 atom stereocenters. The van der Waals surface area contributed by atoms with Gasteiger partial charge in [-0.1, -0.05) is 176 Å². The van der Waals surface area contributed by atoms with Crippen LogP contribution in [0.2, 0.25) is 0 Å². The van der Waals surface area contributed by atoms with Crippen LogP contribution in [-0.4, -0.2) is 15.0 Å². The van der Waals surface area contributed by atoms with E-state index in [0.717, 1.165) is 82.6 Å². The molecule has 266 valence electrons. The summed E-state index contributed by atoms with van der Waals surface area (Å²) in [5, 5.41) is 6.69. The fourth-order valence-corrected chi connectivity index (χ4v) is 8.15. The predicted octanol–water partition coefficient (Wildman–Crippen LogP) is 14.1. The summed E-state index contributed by atoms with van der Waals surface area (Å²) in [6, 6.07) is 69.8. The number of hydrogen-bond acceptors (Lipinski definition) is 4. The third kappa shape index (κ3) is 5.74. The fourth-order valence-electron chi connectivity index (χ4n) is 8.15. The second-order valence-electron chi connectivity index (χ2n) is 14.4. The number of rotatable bonds is 6. The van der Waals surface area contributed by atoms with Crippen LogP contribution in [0.3, 0.4) is 0 Å². The average Bonchev–Trinajstić information content (AvgIpc) is 3.66. The Kier molecular flexibility index (Phi) is 7.78. The van der Waals surface area contributed by atoms with Gasteiger partial charge in [-0.15, -0.1) is 0 Å². The van der Waals surface area contributed by atoms with Gasteiger partial charge < -0.3 is 4.42 Å². The average molecular weight is 728 g/mol. The highest BCUT2D eigenvalue weighted by atomic mass is 16.3. The molecule has 2 aromatic heterocycles. The first kappa shape index (κ1) is 32.7. The van der Waals surface area contributed by atoms with E-state index in [-0.39, 0.29) is 0 Å². The molecule has 0 bridgehead atoms. The third-order valence-electron chi connectivity index (χ3n) is 10.9. The molecule has 11 aromatic rings. The van der Waals surface area contributed by atoms with Crippen LogP contribution >= 0.6 is 0 Å². The van der Waals surface area contributed by atoms with E-state index in [1.807, 2.05) is 42.5 Å². The van der Waals surface area contributed by atoms with Crippen molar-refractivity contribution in [2.75, 3.05) is 0 Å². The molecule has 0 spiro atoms. The second kappa shape index (κ2) is 13.6. The van der Waals surface area contributed by atoms with Crippen molar-refractivity contribution in [1.29, 1.82) is 0 Å². The summed E-state index contributed by atoms with van der Waals surface area (Å²) in [4.78, 5) is 15.3. The van der Waals surface area contributed by atoms with Crippen molar-refractivity contribution in [3.63, 3.8) is 0 Å². The number of aromatic nitrogens is 3. The van der Waals surface area contributed by atoms with Gasteiger partial charge in [0, 0.05) is 33.0 Å². The highest BCUT2D eigenvalue weighted by Crippen LogP contribution is 2.45. The van der Waals surface area contributed by atoms with E-state index in [9.17, 15) is 0 Å². The van der Waals surface area contributed by atoms with Crippen molar-refractivity contribution in [2.24, 2.45) is 0 Å². The second-order valence-corrected chi connectivity index (χ2v) is 14.4. The highest BCUT2D eigenvalue weighted by Gasteiger charge is 2.21. The van der Waals surface area contributed by atoms with Crippen LogP contribution in [-0.2, 0) is 0 Å². The molecule has 0 aliphatic rings. The molecular formula is C53H33N3O. The largest absolute Gasteiger partial charge is 0.455 e. The Bertz CT molecular complexity index is 3260. The first-order valence-electron chi connectivity index (χ1n) is 19.2. The lowest BCUT2D eigenvalue weighted by molar-refractivity contribution is 0.670. The zero-order valence-electron chi connectivity index (χ0n) is 30.8. The smallest absolute Gasteiger partial charge is 0.164 e. The molecule has 0 aliphatic carbocycles. The molecule has 0 N–H and O–H groups in total. The molecule has 11 rings (SSSR count). The van der Waals surface area contributed by atoms with Crippen molar-refractivity contribution in [1.82, 2.24) is 15.0 Å². The SMILES string of the molecule is c1ccc(-c2ccc(-c3nc(-c4ccccc4)nc(-c4ccc(-c5ccc(-c6ccccc6)c6oc7cc8ccccc8cc7c56)c5ccccc45)n3)cc2)cc1. The van der Waals surface area contributed by atoms with Gasteiger partial charge in [0.05, 0.1) is 0 Å². The number of nitrogens with zero attached hydrogens (tertiary/aromatic N) is 3. The summed E-state index contributed by atoms with van der Waals surface area (Å²) in [5.41, 5.74) is 11.3. The van der Waals surface area contributed by atoms with Crippen molar-refractivity contribution in [2.45, 2.75) is 0 Å². The summed E-state index contributed by atoms with van der Waals surface area (Å²) in [6.07, 6.45) is 0. The molecule has 0 saturated carbocycles. The standard InChI is InChI=1S/C53H33N3O/c1-4-14-34(15-5-1)35-24-26-38(27-25-35)52-54-51(37-18-8-3-9-19-37)55-53(56-52)46-31-29-44(42-22-12-13-23-43(42)46)45-30-28-41(36-16-6-2-7-17-36)50-49(45)47-32-39-20-10-11-21-40(39)33-48(47)57-50/h1-33H. The number of hydrogen-bond donors (Lipinski definition) is 0. The van der Waals surface area contributed by atoms with Crippen molar-refractivity contribution < 1.29 is 4.42 Å². The minimum Gasteiger partial charge on any atom is -0.455 e. The molecular weight excluding hydrogens is 695 g/mol. The van der Waals surface area contributed by atoms with Crippen LogP contribution in [0.25, 0.3) is 111 Å². The van der Waals surface area contributed by atoms with Crippen LogP contribution in [0.5, 0.6) is 0 Å². The van der Waals surface area contributed by atoms with Crippen LogP contribution in [0, 0.1) is 0 Å². The maximum absolute atomic E-state index is 6.83. The van der Waals surface area contributed by atoms with Crippen molar-refractivity contribution >= 4 is 43.5 Å². The molecule has 0 saturated heterocycles. The Morgan fingerprint density at radius 1 is 0.298 bits per heavy atom. The fraction of sp³-hybridized carbons (Fsp3) is 0. The summed E-state index contributed by atoms with van der Waals surface area (Å²) in [5.74, 6) is 1.88. The summed E-state index contributed by atoms with van der Waals surface area (Å²) >= 11 is 0. The quantitative estimate of drug-likeness (QED) is 0.171. The topological polar surface area (TPSA) is 51.8 Å². The molecule has 0 unspecified atom stereocenters. The van der Waals surface area contributed by atoms with E-state index < -0.39 is 0 Å². The number of benzene rings is 9. The van der Waals surface area contributed by atoms with E-state index in [1.165, 1.54) is 10.9 Å². The lowest BCUT2D eigenvalue weighted by Gasteiger charge is -2.14. The zero-order valence-corrected chi connectivity index (χ0v) is 30.8. The molecule has 2 heterocycles. The molecule has 4 nitrogen and oxygen atoms in total. The van der Waals surface area contributed by atoms with E-state index in [1.54, 1.807) is 0 Å². The van der Waals surface area contributed by atoms with Crippen LogP contribution in [0.1, 0.15) is 0 Å². The van der Waals surface area contributed by atoms with Gasteiger partial charge >= 0.3 is 0 Å². The molecule has 0 aliphatic heterocycles. The van der Waals surface area contributed by atoms with Gasteiger partial charge in [0.25, 0.3) is 0 Å². The monoisotopic (exact) mass is 727 g/mol. The van der Waals surface area contributed by atoms with Gasteiger partial charge in [-0.05, 0) is 73.6 Å². The van der Waals surface area contributed by atoms with E-state index in [0.29, 0.717) is 17.5 Å². The number of fused-ring (bicyclic) bond motifs is 5. The van der Waals surface area contributed by atoms with Gasteiger partial charge in [0.2, 0.25) is 0 Å². The van der Waals surface area contributed by atoms with Gasteiger partial charge in [-0.25, -0.2) is 15.0 Å². The summed E-state index contributed by atoms with van der Waals surface area (Å²) in [6.45, 7) is 0.